The first kappa shape index (κ1) is 20.1. The summed E-state index contributed by atoms with van der Waals surface area (Å²) in [7, 11) is 0. The summed E-state index contributed by atoms with van der Waals surface area (Å²) in [5.41, 5.74) is 1.73. The zero-order valence-electron chi connectivity index (χ0n) is 16.6. The molecule has 1 aliphatic carbocycles. The van der Waals surface area contributed by atoms with Crippen molar-refractivity contribution >= 4 is 51.7 Å². The minimum atomic E-state index is -0.197. The fourth-order valence-corrected chi connectivity index (χ4v) is 5.34. The van der Waals surface area contributed by atoms with Crippen LogP contribution in [0.15, 0.2) is 28.0 Å². The third-order valence-corrected chi connectivity index (χ3v) is 6.72. The van der Waals surface area contributed by atoms with Crippen LogP contribution in [0.25, 0.3) is 11.7 Å². The number of aromatic nitrogens is 2. The summed E-state index contributed by atoms with van der Waals surface area (Å²) in [6.07, 6.45) is 8.87. The van der Waals surface area contributed by atoms with Crippen LogP contribution in [-0.4, -0.2) is 37.1 Å². The van der Waals surface area contributed by atoms with Gasteiger partial charge in [-0.3, -0.25) is 18.9 Å². The van der Waals surface area contributed by atoms with Crippen LogP contribution in [0.4, 0.5) is 5.82 Å². The van der Waals surface area contributed by atoms with Crippen LogP contribution in [0.3, 0.4) is 0 Å². The smallest absolute Gasteiger partial charge is 0.267 e. The summed E-state index contributed by atoms with van der Waals surface area (Å²) >= 11 is 6.79. The van der Waals surface area contributed by atoms with Gasteiger partial charge in [0.15, 0.2) is 0 Å². The van der Waals surface area contributed by atoms with Crippen molar-refractivity contribution in [3.63, 3.8) is 0 Å². The molecule has 2 aromatic rings. The molecule has 2 aliphatic rings. The molecular weight excluding hydrogens is 404 g/mol. The molecule has 1 saturated carbocycles. The first-order valence-corrected chi connectivity index (χ1v) is 11.3. The number of amides is 1. The van der Waals surface area contributed by atoms with Crippen LogP contribution in [0, 0.1) is 6.92 Å². The fourth-order valence-electron chi connectivity index (χ4n) is 3.96. The monoisotopic (exact) mass is 428 g/mol. The summed E-state index contributed by atoms with van der Waals surface area (Å²) in [6, 6.07) is 3.92. The van der Waals surface area contributed by atoms with E-state index in [1.54, 1.807) is 17.2 Å². The molecular formula is C21H24N4O2S2. The van der Waals surface area contributed by atoms with Crippen molar-refractivity contribution in [1.82, 2.24) is 14.3 Å². The van der Waals surface area contributed by atoms with Crippen LogP contribution >= 0.6 is 24.0 Å². The van der Waals surface area contributed by atoms with E-state index in [0.717, 1.165) is 31.2 Å². The first-order chi connectivity index (χ1) is 14.0. The van der Waals surface area contributed by atoms with E-state index in [2.05, 4.69) is 10.3 Å². The molecule has 0 aromatic carbocycles. The topological polar surface area (TPSA) is 66.7 Å². The van der Waals surface area contributed by atoms with Gasteiger partial charge in [-0.05, 0) is 44.4 Å². The van der Waals surface area contributed by atoms with Crippen LogP contribution < -0.4 is 10.9 Å². The number of carbonyl (C=O) groups excluding carboxylic acids is 1. The van der Waals surface area contributed by atoms with Crippen LogP contribution in [0.2, 0.25) is 0 Å². The van der Waals surface area contributed by atoms with Crippen LogP contribution in [-0.2, 0) is 4.79 Å². The van der Waals surface area contributed by atoms with Gasteiger partial charge in [0.05, 0.1) is 10.5 Å². The Balaban J connectivity index is 1.78. The van der Waals surface area contributed by atoms with Crippen molar-refractivity contribution in [2.45, 2.75) is 52.0 Å². The number of hydrogen-bond acceptors (Lipinski definition) is 6. The third kappa shape index (κ3) is 3.83. The number of rotatable bonds is 4. The zero-order valence-corrected chi connectivity index (χ0v) is 18.2. The van der Waals surface area contributed by atoms with E-state index < -0.39 is 0 Å². The molecule has 4 rings (SSSR count). The van der Waals surface area contributed by atoms with Crippen molar-refractivity contribution in [2.75, 3.05) is 11.9 Å². The molecule has 2 aromatic heterocycles. The van der Waals surface area contributed by atoms with Gasteiger partial charge in [-0.25, -0.2) is 4.98 Å². The zero-order chi connectivity index (χ0) is 20.5. The molecule has 1 saturated heterocycles. The number of thiocarbonyl (C=S) groups is 1. The maximum atomic E-state index is 13.2. The summed E-state index contributed by atoms with van der Waals surface area (Å²) < 4.78 is 2.12. The van der Waals surface area contributed by atoms with Gasteiger partial charge in [0, 0.05) is 18.8 Å². The standard InChI is InChI=1S/C21H24N4O2S2/c1-3-22-18-15(19(26)24-12-13(2)9-10-17(24)23-18)11-16-20(27)25(21(28)29-16)14-7-5-4-6-8-14/h9-12,14,22H,3-8H2,1-2H3/b16-11+. The molecule has 3 heterocycles. The quantitative estimate of drug-likeness (QED) is 0.587. The van der Waals surface area contributed by atoms with Crippen molar-refractivity contribution in [3.05, 3.63) is 44.7 Å². The van der Waals surface area contributed by atoms with Gasteiger partial charge >= 0.3 is 0 Å². The van der Waals surface area contributed by atoms with Crippen molar-refractivity contribution in [1.29, 1.82) is 0 Å². The van der Waals surface area contributed by atoms with Gasteiger partial charge in [0.25, 0.3) is 11.5 Å². The number of carbonyl (C=O) groups is 1. The Bertz CT molecular complexity index is 1070. The molecule has 1 N–H and O–H groups in total. The van der Waals surface area contributed by atoms with Gasteiger partial charge in [-0.2, -0.15) is 0 Å². The lowest BCUT2D eigenvalue weighted by atomic mass is 9.94. The van der Waals surface area contributed by atoms with E-state index in [0.29, 0.717) is 32.8 Å². The first-order valence-electron chi connectivity index (χ1n) is 10.0. The second-order valence-corrected chi connectivity index (χ2v) is 9.16. The van der Waals surface area contributed by atoms with Crippen LogP contribution in [0.1, 0.15) is 50.2 Å². The van der Waals surface area contributed by atoms with Crippen molar-refractivity contribution in [3.8, 4) is 0 Å². The normalized spacial score (nSPS) is 19.5. The highest BCUT2D eigenvalue weighted by atomic mass is 32.2. The van der Waals surface area contributed by atoms with Gasteiger partial charge in [0.1, 0.15) is 15.8 Å². The number of aryl methyl sites for hydroxylation is 1. The molecule has 1 aliphatic heterocycles. The fraction of sp³-hybridized carbons (Fsp3) is 0.429. The molecule has 0 atom stereocenters. The second kappa shape index (κ2) is 8.28. The summed E-state index contributed by atoms with van der Waals surface area (Å²) in [6.45, 7) is 4.50. The Morgan fingerprint density at radius 1 is 1.28 bits per heavy atom. The number of nitrogens with zero attached hydrogens (tertiary/aromatic N) is 3. The lowest BCUT2D eigenvalue weighted by Gasteiger charge is -2.29. The predicted molar refractivity (Wildman–Crippen MR) is 122 cm³/mol. The maximum absolute atomic E-state index is 13.2. The van der Waals surface area contributed by atoms with Gasteiger partial charge in [-0.1, -0.05) is 49.3 Å². The molecule has 0 unspecified atom stereocenters. The second-order valence-electron chi connectivity index (χ2n) is 7.49. The minimum absolute atomic E-state index is 0.0944. The SMILES string of the molecule is CCNc1nc2ccc(C)cn2c(=O)c1/C=C1/SC(=S)N(C2CCCCC2)C1=O. The lowest BCUT2D eigenvalue weighted by Crippen LogP contribution is -2.39. The summed E-state index contributed by atoms with van der Waals surface area (Å²) in [4.78, 5) is 33.2. The highest BCUT2D eigenvalue weighted by Crippen LogP contribution is 2.37. The van der Waals surface area contributed by atoms with E-state index in [1.165, 1.54) is 22.6 Å². The molecule has 0 radical (unpaired) electrons. The van der Waals surface area contributed by atoms with E-state index in [-0.39, 0.29) is 17.5 Å². The van der Waals surface area contributed by atoms with E-state index in [1.807, 2.05) is 26.0 Å². The number of fused-ring (bicyclic) bond motifs is 1. The molecule has 8 heteroatoms. The average Bonchev–Trinajstić information content (AvgIpc) is 2.99. The molecule has 1 amide bonds. The largest absolute Gasteiger partial charge is 0.370 e. The Hall–Kier alpha value is -2.19. The Kier molecular flexibility index (Phi) is 5.74. The summed E-state index contributed by atoms with van der Waals surface area (Å²) in [5, 5.41) is 3.16. The molecule has 29 heavy (non-hydrogen) atoms. The highest BCUT2D eigenvalue weighted by Gasteiger charge is 2.37. The average molecular weight is 429 g/mol. The van der Waals surface area contributed by atoms with E-state index >= 15 is 0 Å². The number of nitrogens with one attached hydrogen (secondary N) is 1. The molecule has 152 valence electrons. The van der Waals surface area contributed by atoms with E-state index in [9.17, 15) is 9.59 Å². The van der Waals surface area contributed by atoms with Gasteiger partial charge in [0.2, 0.25) is 0 Å². The van der Waals surface area contributed by atoms with Crippen LogP contribution in [0.5, 0.6) is 0 Å². The maximum Gasteiger partial charge on any atom is 0.267 e. The highest BCUT2D eigenvalue weighted by molar-refractivity contribution is 8.26. The molecule has 6 nitrogen and oxygen atoms in total. The molecule has 2 fully saturated rings. The Morgan fingerprint density at radius 3 is 2.76 bits per heavy atom. The number of hydrogen-bond donors (Lipinski definition) is 1. The van der Waals surface area contributed by atoms with E-state index in [4.69, 9.17) is 12.2 Å². The predicted octanol–water partition coefficient (Wildman–Crippen LogP) is 3.97. The number of thioether (sulfide) groups is 1. The lowest BCUT2D eigenvalue weighted by molar-refractivity contribution is -0.124. The summed E-state index contributed by atoms with van der Waals surface area (Å²) in [5.74, 6) is 0.396. The minimum Gasteiger partial charge on any atom is -0.370 e. The molecule has 0 bridgehead atoms. The van der Waals surface area contributed by atoms with Crippen molar-refractivity contribution < 1.29 is 4.79 Å². The third-order valence-electron chi connectivity index (χ3n) is 5.39. The Morgan fingerprint density at radius 2 is 2.03 bits per heavy atom. The van der Waals surface area contributed by atoms with Gasteiger partial charge < -0.3 is 5.32 Å². The Labute approximate surface area is 179 Å². The number of pyridine rings is 1. The number of anilines is 1. The van der Waals surface area contributed by atoms with Crippen molar-refractivity contribution in [2.24, 2.45) is 0 Å². The van der Waals surface area contributed by atoms with Gasteiger partial charge in [-0.15, -0.1) is 0 Å². The molecule has 0 spiro atoms.